The van der Waals surface area contributed by atoms with E-state index in [-0.39, 0.29) is 11.8 Å². The Kier molecular flexibility index (Phi) is 1.60. The molecule has 3 rings (SSSR count). The number of aromatic nitrogens is 2. The molecule has 2 saturated carbocycles. The van der Waals surface area contributed by atoms with Gasteiger partial charge in [0, 0.05) is 5.92 Å². The van der Waals surface area contributed by atoms with Crippen molar-refractivity contribution in [3.05, 3.63) is 11.7 Å². The maximum atomic E-state index is 8.67. The van der Waals surface area contributed by atoms with Gasteiger partial charge in [-0.2, -0.15) is 10.2 Å². The van der Waals surface area contributed by atoms with E-state index in [0.717, 1.165) is 12.2 Å². The third-order valence-electron chi connectivity index (χ3n) is 3.20. The summed E-state index contributed by atoms with van der Waals surface area (Å²) in [5.74, 6) is 2.39. The second kappa shape index (κ2) is 2.81. The van der Waals surface area contributed by atoms with Crippen LogP contribution in [-0.2, 0) is 0 Å². The average molecular weight is 189 g/mol. The van der Waals surface area contributed by atoms with Gasteiger partial charge in [0.1, 0.15) is 0 Å². The van der Waals surface area contributed by atoms with Crippen molar-refractivity contribution in [2.24, 2.45) is 5.92 Å². The molecule has 2 aliphatic rings. The second-order valence-electron chi connectivity index (χ2n) is 4.20. The summed E-state index contributed by atoms with van der Waals surface area (Å²) >= 11 is 0. The molecule has 72 valence electrons. The fourth-order valence-electron chi connectivity index (χ4n) is 1.84. The molecule has 0 N–H and O–H groups in total. The molecule has 0 amide bonds. The Hall–Kier alpha value is -1.37. The minimum atomic E-state index is 0.115. The molecule has 1 heterocycles. The highest BCUT2D eigenvalue weighted by Gasteiger charge is 2.43. The number of rotatable bonds is 2. The number of nitriles is 1. The molecule has 0 aliphatic heterocycles. The van der Waals surface area contributed by atoms with Crippen LogP contribution in [0.3, 0.4) is 0 Å². The molecule has 2 fully saturated rings. The van der Waals surface area contributed by atoms with E-state index in [0.29, 0.717) is 11.8 Å². The normalized spacial score (nSPS) is 30.8. The van der Waals surface area contributed by atoms with Crippen LogP contribution in [0.25, 0.3) is 0 Å². The van der Waals surface area contributed by atoms with Crippen LogP contribution in [0.4, 0.5) is 0 Å². The minimum absolute atomic E-state index is 0.115. The van der Waals surface area contributed by atoms with Gasteiger partial charge in [-0.05, 0) is 19.3 Å². The molecular weight excluding hydrogens is 178 g/mol. The molecule has 0 bridgehead atoms. The lowest BCUT2D eigenvalue weighted by molar-refractivity contribution is 0.346. The molecule has 0 saturated heterocycles. The van der Waals surface area contributed by atoms with Crippen LogP contribution in [0, 0.1) is 17.2 Å². The van der Waals surface area contributed by atoms with E-state index >= 15 is 0 Å². The summed E-state index contributed by atoms with van der Waals surface area (Å²) in [6.45, 7) is 0. The summed E-state index contributed by atoms with van der Waals surface area (Å²) in [6.07, 6.45) is 4.54. The van der Waals surface area contributed by atoms with Gasteiger partial charge in [-0.1, -0.05) is 11.6 Å². The Morgan fingerprint density at radius 2 is 2.29 bits per heavy atom. The largest absolute Gasteiger partial charge is 0.339 e. The molecule has 2 aliphatic carbocycles. The lowest BCUT2D eigenvalue weighted by Crippen LogP contribution is -2.10. The highest BCUT2D eigenvalue weighted by atomic mass is 16.5. The maximum Gasteiger partial charge on any atom is 0.231 e. The van der Waals surface area contributed by atoms with E-state index < -0.39 is 0 Å². The van der Waals surface area contributed by atoms with Gasteiger partial charge in [-0.15, -0.1) is 0 Å². The van der Waals surface area contributed by atoms with Gasteiger partial charge in [0.2, 0.25) is 5.89 Å². The first-order chi connectivity index (χ1) is 6.88. The number of hydrogen-bond donors (Lipinski definition) is 0. The molecule has 1 aromatic heterocycles. The maximum absolute atomic E-state index is 8.67. The smallest absolute Gasteiger partial charge is 0.231 e. The summed E-state index contributed by atoms with van der Waals surface area (Å²) in [4.78, 5) is 4.36. The third kappa shape index (κ3) is 1.12. The molecule has 1 aromatic rings. The van der Waals surface area contributed by atoms with Crippen LogP contribution in [-0.4, -0.2) is 10.1 Å². The van der Waals surface area contributed by atoms with Crippen LogP contribution in [0.1, 0.15) is 49.2 Å². The van der Waals surface area contributed by atoms with Crippen molar-refractivity contribution in [1.29, 1.82) is 5.26 Å². The number of hydrogen-bond acceptors (Lipinski definition) is 4. The van der Waals surface area contributed by atoms with E-state index in [9.17, 15) is 0 Å². The van der Waals surface area contributed by atoms with Crippen molar-refractivity contribution in [1.82, 2.24) is 10.1 Å². The Balaban J connectivity index is 1.75. The lowest BCUT2D eigenvalue weighted by atomic mass is 9.85. The van der Waals surface area contributed by atoms with Crippen molar-refractivity contribution in [2.75, 3.05) is 0 Å². The van der Waals surface area contributed by atoms with Crippen molar-refractivity contribution < 1.29 is 4.52 Å². The van der Waals surface area contributed by atoms with Crippen LogP contribution < -0.4 is 0 Å². The SMILES string of the molecule is N#CC1CC1c1nc(C2CCC2)no1. The van der Waals surface area contributed by atoms with Gasteiger partial charge >= 0.3 is 0 Å². The topological polar surface area (TPSA) is 62.7 Å². The number of nitrogens with zero attached hydrogens (tertiary/aromatic N) is 3. The zero-order valence-corrected chi connectivity index (χ0v) is 7.81. The van der Waals surface area contributed by atoms with Gasteiger partial charge in [-0.3, -0.25) is 0 Å². The Morgan fingerprint density at radius 1 is 1.43 bits per heavy atom. The van der Waals surface area contributed by atoms with Crippen molar-refractivity contribution in [2.45, 2.75) is 37.5 Å². The van der Waals surface area contributed by atoms with Crippen LogP contribution in [0.15, 0.2) is 4.52 Å². The fourth-order valence-corrected chi connectivity index (χ4v) is 1.84. The summed E-state index contributed by atoms with van der Waals surface area (Å²) in [5.41, 5.74) is 0. The molecule has 4 heteroatoms. The monoisotopic (exact) mass is 189 g/mol. The van der Waals surface area contributed by atoms with Gasteiger partial charge in [0.05, 0.1) is 17.9 Å². The van der Waals surface area contributed by atoms with E-state index in [4.69, 9.17) is 9.78 Å². The molecule has 2 atom stereocenters. The van der Waals surface area contributed by atoms with E-state index in [2.05, 4.69) is 16.2 Å². The Morgan fingerprint density at radius 3 is 2.86 bits per heavy atom. The zero-order valence-electron chi connectivity index (χ0n) is 7.81. The quantitative estimate of drug-likeness (QED) is 0.713. The van der Waals surface area contributed by atoms with Gasteiger partial charge < -0.3 is 4.52 Å². The molecule has 4 nitrogen and oxygen atoms in total. The summed E-state index contributed by atoms with van der Waals surface area (Å²) in [5, 5.41) is 12.6. The van der Waals surface area contributed by atoms with Crippen molar-refractivity contribution in [3.8, 4) is 6.07 Å². The summed E-state index contributed by atoms with van der Waals surface area (Å²) in [7, 11) is 0. The summed E-state index contributed by atoms with van der Waals surface area (Å²) < 4.78 is 5.17. The van der Waals surface area contributed by atoms with Gasteiger partial charge in [-0.25, -0.2) is 0 Å². The first-order valence-corrected chi connectivity index (χ1v) is 5.11. The zero-order chi connectivity index (χ0) is 9.54. The molecule has 0 radical (unpaired) electrons. The van der Waals surface area contributed by atoms with Crippen molar-refractivity contribution >= 4 is 0 Å². The third-order valence-corrected chi connectivity index (χ3v) is 3.20. The van der Waals surface area contributed by atoms with Gasteiger partial charge in [0.15, 0.2) is 5.82 Å². The predicted octanol–water partition coefficient (Wildman–Crippen LogP) is 1.96. The molecule has 0 spiro atoms. The summed E-state index contributed by atoms with van der Waals surface area (Å²) in [6, 6.07) is 2.23. The van der Waals surface area contributed by atoms with Crippen LogP contribution >= 0.6 is 0 Å². The van der Waals surface area contributed by atoms with Crippen molar-refractivity contribution in [3.63, 3.8) is 0 Å². The average Bonchev–Trinajstić information content (AvgIpc) is 2.76. The molecular formula is C10H11N3O. The van der Waals surface area contributed by atoms with E-state index in [1.807, 2.05) is 0 Å². The molecule has 14 heavy (non-hydrogen) atoms. The van der Waals surface area contributed by atoms with Crippen LogP contribution in [0.5, 0.6) is 0 Å². The van der Waals surface area contributed by atoms with Gasteiger partial charge in [0.25, 0.3) is 0 Å². The Labute approximate surface area is 81.9 Å². The van der Waals surface area contributed by atoms with Crippen LogP contribution in [0.2, 0.25) is 0 Å². The predicted molar refractivity (Wildman–Crippen MR) is 47.4 cm³/mol. The Bertz CT molecular complexity index is 388. The molecule has 2 unspecified atom stereocenters. The minimum Gasteiger partial charge on any atom is -0.339 e. The lowest BCUT2D eigenvalue weighted by Gasteiger charge is -2.20. The fraction of sp³-hybridized carbons (Fsp3) is 0.700. The molecule has 0 aromatic carbocycles. The van der Waals surface area contributed by atoms with E-state index in [1.54, 1.807) is 0 Å². The second-order valence-corrected chi connectivity index (χ2v) is 4.20. The highest BCUT2D eigenvalue weighted by molar-refractivity contribution is 5.16. The first kappa shape index (κ1) is 7.98. The first-order valence-electron chi connectivity index (χ1n) is 5.11. The standard InChI is InChI=1S/C10H11N3O/c11-5-7-4-8(7)10-12-9(13-14-10)6-2-1-3-6/h6-8H,1-4H2. The van der Waals surface area contributed by atoms with E-state index in [1.165, 1.54) is 19.3 Å². The highest BCUT2D eigenvalue weighted by Crippen LogP contribution is 2.46.